The van der Waals surface area contributed by atoms with E-state index in [0.717, 1.165) is 0 Å². The molecular weight excluding hydrogens is 260 g/mol. The van der Waals surface area contributed by atoms with Crippen molar-refractivity contribution in [2.45, 2.75) is 12.5 Å². The van der Waals surface area contributed by atoms with Crippen LogP contribution in [-0.2, 0) is 9.53 Å². The molecule has 1 atom stereocenters. The SMILES string of the molecule is COc1cccc(Cl)c1C(OCCCO)C(=O)O. The Bertz CT molecular complexity index is 407. The lowest BCUT2D eigenvalue weighted by atomic mass is 10.1. The molecule has 1 aromatic rings. The summed E-state index contributed by atoms with van der Waals surface area (Å²) in [4.78, 5) is 11.2. The standard InChI is InChI=1S/C12H15ClO5/c1-17-9-5-2-4-8(13)10(9)11(12(15)16)18-7-3-6-14/h2,4-5,11,14H,3,6-7H2,1H3,(H,15,16). The number of carbonyl (C=O) groups is 1. The van der Waals surface area contributed by atoms with Gasteiger partial charge in [0.15, 0.2) is 6.10 Å². The summed E-state index contributed by atoms with van der Waals surface area (Å²) in [6, 6.07) is 4.86. The Morgan fingerprint density at radius 2 is 2.22 bits per heavy atom. The number of aliphatic hydroxyl groups excluding tert-OH is 1. The summed E-state index contributed by atoms with van der Waals surface area (Å²) in [6.45, 7) is 0.0633. The van der Waals surface area contributed by atoms with Crippen molar-refractivity contribution in [3.05, 3.63) is 28.8 Å². The summed E-state index contributed by atoms with van der Waals surface area (Å²) in [5.41, 5.74) is 0.284. The Balaban J connectivity index is 3.01. The van der Waals surface area contributed by atoms with Gasteiger partial charge in [-0.1, -0.05) is 17.7 Å². The van der Waals surface area contributed by atoms with E-state index < -0.39 is 12.1 Å². The van der Waals surface area contributed by atoms with Crippen LogP contribution in [0.3, 0.4) is 0 Å². The lowest BCUT2D eigenvalue weighted by Gasteiger charge is -2.18. The Labute approximate surface area is 110 Å². The summed E-state index contributed by atoms with van der Waals surface area (Å²) < 4.78 is 10.3. The van der Waals surface area contributed by atoms with Crippen LogP contribution in [0.1, 0.15) is 18.1 Å². The van der Waals surface area contributed by atoms with Crippen molar-refractivity contribution < 1.29 is 24.5 Å². The molecule has 18 heavy (non-hydrogen) atoms. The van der Waals surface area contributed by atoms with Gasteiger partial charge in [-0.25, -0.2) is 4.79 Å². The molecule has 0 aliphatic carbocycles. The summed E-state index contributed by atoms with van der Waals surface area (Å²) in [5, 5.41) is 18.1. The van der Waals surface area contributed by atoms with Crippen LogP contribution in [0.5, 0.6) is 5.75 Å². The second-order valence-electron chi connectivity index (χ2n) is 3.52. The number of methoxy groups -OCH3 is 1. The van der Waals surface area contributed by atoms with Gasteiger partial charge in [0.1, 0.15) is 5.75 Å². The molecule has 0 aliphatic rings. The average molecular weight is 275 g/mol. The zero-order valence-corrected chi connectivity index (χ0v) is 10.7. The van der Waals surface area contributed by atoms with Crippen molar-refractivity contribution in [1.29, 1.82) is 0 Å². The second-order valence-corrected chi connectivity index (χ2v) is 3.93. The molecule has 0 amide bonds. The molecule has 1 unspecified atom stereocenters. The lowest BCUT2D eigenvalue weighted by molar-refractivity contribution is -0.151. The van der Waals surface area contributed by atoms with Crippen molar-refractivity contribution >= 4 is 17.6 Å². The molecule has 1 rings (SSSR count). The third-order valence-corrected chi connectivity index (χ3v) is 2.64. The van der Waals surface area contributed by atoms with Gasteiger partial charge in [0, 0.05) is 6.61 Å². The number of hydrogen-bond donors (Lipinski definition) is 2. The molecule has 1 aromatic carbocycles. The van der Waals surface area contributed by atoms with Crippen molar-refractivity contribution in [1.82, 2.24) is 0 Å². The molecule has 5 nitrogen and oxygen atoms in total. The molecule has 0 spiro atoms. The largest absolute Gasteiger partial charge is 0.496 e. The molecule has 0 radical (unpaired) electrons. The van der Waals surface area contributed by atoms with Crippen LogP contribution in [0.4, 0.5) is 0 Å². The third kappa shape index (κ3) is 3.60. The zero-order valence-electron chi connectivity index (χ0n) is 9.93. The quantitative estimate of drug-likeness (QED) is 0.743. The van der Waals surface area contributed by atoms with Crippen LogP contribution in [0.2, 0.25) is 5.02 Å². The third-order valence-electron chi connectivity index (χ3n) is 2.31. The molecule has 100 valence electrons. The van der Waals surface area contributed by atoms with E-state index in [1.807, 2.05) is 0 Å². The minimum atomic E-state index is -1.21. The van der Waals surface area contributed by atoms with Gasteiger partial charge in [-0.3, -0.25) is 0 Å². The fourth-order valence-electron chi connectivity index (χ4n) is 1.49. The number of halogens is 1. The van der Waals surface area contributed by atoms with Crippen LogP contribution in [0.15, 0.2) is 18.2 Å². The number of benzene rings is 1. The van der Waals surface area contributed by atoms with Crippen LogP contribution >= 0.6 is 11.6 Å². The normalized spacial score (nSPS) is 12.2. The molecule has 0 aromatic heterocycles. The van der Waals surface area contributed by atoms with Gasteiger partial charge < -0.3 is 19.7 Å². The Hall–Kier alpha value is -1.30. The van der Waals surface area contributed by atoms with E-state index in [0.29, 0.717) is 12.2 Å². The van der Waals surface area contributed by atoms with E-state index in [1.54, 1.807) is 18.2 Å². The summed E-state index contributed by atoms with van der Waals surface area (Å²) in [5.74, 6) is -0.793. The average Bonchev–Trinajstić information content (AvgIpc) is 2.35. The Kier molecular flexibility index (Phi) is 5.91. The highest BCUT2D eigenvalue weighted by molar-refractivity contribution is 6.31. The van der Waals surface area contributed by atoms with E-state index in [4.69, 9.17) is 31.3 Å². The van der Waals surface area contributed by atoms with Crippen molar-refractivity contribution in [2.75, 3.05) is 20.3 Å². The number of carboxylic acid groups (broad SMARTS) is 1. The monoisotopic (exact) mass is 274 g/mol. The molecule has 2 N–H and O–H groups in total. The maximum atomic E-state index is 11.2. The zero-order chi connectivity index (χ0) is 13.5. The Morgan fingerprint density at radius 3 is 2.78 bits per heavy atom. The lowest BCUT2D eigenvalue weighted by Crippen LogP contribution is -2.17. The van der Waals surface area contributed by atoms with Gasteiger partial charge in [-0.05, 0) is 18.6 Å². The number of hydrogen-bond acceptors (Lipinski definition) is 4. The molecule has 0 aliphatic heterocycles. The summed E-state index contributed by atoms with van der Waals surface area (Å²) >= 11 is 5.99. The number of carboxylic acids is 1. The van der Waals surface area contributed by atoms with Crippen LogP contribution in [-0.4, -0.2) is 36.5 Å². The molecule has 0 saturated carbocycles. The van der Waals surface area contributed by atoms with Crippen LogP contribution in [0, 0.1) is 0 Å². The molecule has 0 heterocycles. The highest BCUT2D eigenvalue weighted by Crippen LogP contribution is 2.34. The fraction of sp³-hybridized carbons (Fsp3) is 0.417. The molecule has 0 fully saturated rings. The summed E-state index contributed by atoms with van der Waals surface area (Å²) in [6.07, 6.45) is -0.850. The predicted octanol–water partition coefficient (Wildman–Crippen LogP) is 1.87. The number of aliphatic carboxylic acids is 1. The van der Waals surface area contributed by atoms with Crippen molar-refractivity contribution in [3.8, 4) is 5.75 Å². The van der Waals surface area contributed by atoms with E-state index in [9.17, 15) is 4.79 Å². The van der Waals surface area contributed by atoms with Gasteiger partial charge in [0.25, 0.3) is 0 Å². The smallest absolute Gasteiger partial charge is 0.337 e. The minimum Gasteiger partial charge on any atom is -0.496 e. The first-order valence-corrected chi connectivity index (χ1v) is 5.77. The highest BCUT2D eigenvalue weighted by atomic mass is 35.5. The first-order valence-electron chi connectivity index (χ1n) is 5.39. The topological polar surface area (TPSA) is 76.0 Å². The van der Waals surface area contributed by atoms with Gasteiger partial charge in [-0.2, -0.15) is 0 Å². The summed E-state index contributed by atoms with van der Waals surface area (Å²) in [7, 11) is 1.43. The maximum Gasteiger partial charge on any atom is 0.337 e. The van der Waals surface area contributed by atoms with Gasteiger partial charge in [0.2, 0.25) is 0 Å². The first-order chi connectivity index (χ1) is 8.61. The van der Waals surface area contributed by atoms with Crippen LogP contribution in [0.25, 0.3) is 0 Å². The van der Waals surface area contributed by atoms with E-state index >= 15 is 0 Å². The van der Waals surface area contributed by atoms with Crippen molar-refractivity contribution in [3.63, 3.8) is 0 Å². The molecule has 0 saturated heterocycles. The molecule has 6 heteroatoms. The van der Waals surface area contributed by atoms with E-state index in [-0.39, 0.29) is 23.8 Å². The fourth-order valence-corrected chi connectivity index (χ4v) is 1.76. The highest BCUT2D eigenvalue weighted by Gasteiger charge is 2.26. The van der Waals surface area contributed by atoms with Gasteiger partial charge >= 0.3 is 5.97 Å². The van der Waals surface area contributed by atoms with E-state index in [2.05, 4.69) is 0 Å². The predicted molar refractivity (Wildman–Crippen MR) is 66.0 cm³/mol. The number of aliphatic hydroxyl groups is 1. The Morgan fingerprint density at radius 1 is 1.50 bits per heavy atom. The molecular formula is C12H15ClO5. The number of rotatable bonds is 7. The van der Waals surface area contributed by atoms with E-state index in [1.165, 1.54) is 7.11 Å². The van der Waals surface area contributed by atoms with Gasteiger partial charge in [0.05, 0.1) is 24.3 Å². The molecule has 0 bridgehead atoms. The minimum absolute atomic E-state index is 0.0635. The maximum absolute atomic E-state index is 11.2. The van der Waals surface area contributed by atoms with Crippen LogP contribution < -0.4 is 4.74 Å². The second kappa shape index (κ2) is 7.20. The van der Waals surface area contributed by atoms with Crippen molar-refractivity contribution in [2.24, 2.45) is 0 Å². The van der Waals surface area contributed by atoms with Gasteiger partial charge in [-0.15, -0.1) is 0 Å². The first kappa shape index (κ1) is 14.8. The number of ether oxygens (including phenoxy) is 2.